The van der Waals surface area contributed by atoms with Gasteiger partial charge in [0.15, 0.2) is 11.5 Å². The molecule has 0 aliphatic carbocycles. The highest BCUT2D eigenvalue weighted by molar-refractivity contribution is 7.92. The molecule has 0 spiro atoms. The average molecular weight is 386 g/mol. The summed E-state index contributed by atoms with van der Waals surface area (Å²) in [5.41, 5.74) is 0.207. The fourth-order valence-electron chi connectivity index (χ4n) is 2.33. The normalized spacial score (nSPS) is 13.2. The molecule has 2 aromatic rings. The first kappa shape index (κ1) is 17.5. The lowest BCUT2D eigenvalue weighted by atomic mass is 10.3. The Labute approximate surface area is 150 Å². The zero-order valence-corrected chi connectivity index (χ0v) is 15.1. The molecule has 9 heteroatoms. The lowest BCUT2D eigenvalue weighted by molar-refractivity contribution is 0.171. The van der Waals surface area contributed by atoms with Gasteiger partial charge in [-0.3, -0.25) is 4.72 Å². The second-order valence-electron chi connectivity index (χ2n) is 5.10. The largest absolute Gasteiger partial charge is 0.495 e. The number of hydrogen-bond acceptors (Lipinski definition) is 6. The molecule has 7 nitrogen and oxygen atoms in total. The molecule has 0 aromatic heterocycles. The molecular formula is C16H16ClNO6S. The molecule has 0 bridgehead atoms. The molecule has 0 unspecified atom stereocenters. The fourth-order valence-corrected chi connectivity index (χ4v) is 3.64. The molecule has 1 aliphatic heterocycles. The molecule has 0 saturated carbocycles. The highest BCUT2D eigenvalue weighted by atomic mass is 35.5. The summed E-state index contributed by atoms with van der Waals surface area (Å²) in [6, 6.07) is 7.34. The summed E-state index contributed by atoms with van der Waals surface area (Å²) < 4.78 is 49.0. The van der Waals surface area contributed by atoms with Crippen molar-refractivity contribution in [2.45, 2.75) is 4.90 Å². The van der Waals surface area contributed by atoms with Crippen LogP contribution in [0.2, 0.25) is 5.02 Å². The van der Waals surface area contributed by atoms with Crippen molar-refractivity contribution >= 4 is 27.3 Å². The van der Waals surface area contributed by atoms with Crippen molar-refractivity contribution in [1.29, 1.82) is 0 Å². The van der Waals surface area contributed by atoms with E-state index in [2.05, 4.69) is 4.72 Å². The van der Waals surface area contributed by atoms with Crippen molar-refractivity contribution in [1.82, 2.24) is 0 Å². The molecule has 2 aromatic carbocycles. The molecule has 3 rings (SSSR count). The van der Waals surface area contributed by atoms with Gasteiger partial charge in [0, 0.05) is 18.2 Å². The summed E-state index contributed by atoms with van der Waals surface area (Å²) >= 11 is 6.04. The van der Waals surface area contributed by atoms with Crippen LogP contribution in [0.15, 0.2) is 35.2 Å². The van der Waals surface area contributed by atoms with Gasteiger partial charge < -0.3 is 18.9 Å². The van der Waals surface area contributed by atoms with Crippen molar-refractivity contribution < 1.29 is 27.4 Å². The van der Waals surface area contributed by atoms with Crippen LogP contribution in [0.3, 0.4) is 0 Å². The minimum Gasteiger partial charge on any atom is -0.495 e. The molecule has 1 heterocycles. The molecule has 134 valence electrons. The van der Waals surface area contributed by atoms with Crippen LogP contribution in [0.25, 0.3) is 0 Å². The first-order chi connectivity index (χ1) is 11.9. The van der Waals surface area contributed by atoms with Gasteiger partial charge in [0.2, 0.25) is 0 Å². The molecular weight excluding hydrogens is 370 g/mol. The third-order valence-corrected chi connectivity index (χ3v) is 5.20. The highest BCUT2D eigenvalue weighted by Gasteiger charge is 2.21. The number of anilines is 1. The molecule has 0 fully saturated rings. The first-order valence-corrected chi connectivity index (χ1v) is 9.14. The Morgan fingerprint density at radius 3 is 2.36 bits per heavy atom. The van der Waals surface area contributed by atoms with Gasteiger partial charge in [-0.2, -0.15) is 0 Å². The zero-order chi connectivity index (χ0) is 18.0. The zero-order valence-electron chi connectivity index (χ0n) is 13.5. The molecule has 0 saturated heterocycles. The Hall–Kier alpha value is -2.32. The predicted octanol–water partition coefficient (Wildman–Crippen LogP) is 2.93. The quantitative estimate of drug-likeness (QED) is 0.852. The number of fused-ring (bicyclic) bond motifs is 1. The molecule has 25 heavy (non-hydrogen) atoms. The van der Waals surface area contributed by atoms with E-state index in [0.29, 0.717) is 35.5 Å². The fraction of sp³-hybridized carbons (Fsp3) is 0.250. The molecule has 1 aliphatic rings. The van der Waals surface area contributed by atoms with Gasteiger partial charge >= 0.3 is 0 Å². The molecule has 0 radical (unpaired) electrons. The summed E-state index contributed by atoms with van der Waals surface area (Å²) in [5, 5.41) is 0.307. The number of nitrogens with one attached hydrogen (secondary N) is 1. The van der Waals surface area contributed by atoms with Crippen LogP contribution in [-0.2, 0) is 10.0 Å². The smallest absolute Gasteiger partial charge is 0.262 e. The van der Waals surface area contributed by atoms with Gasteiger partial charge in [-0.1, -0.05) is 11.6 Å². The maximum Gasteiger partial charge on any atom is 0.262 e. The number of hydrogen-bond donors (Lipinski definition) is 1. The number of ether oxygens (including phenoxy) is 4. The standard InChI is InChI=1S/C16H16ClNO6S/c1-21-14-9-12(15(22-2)8-11(14)17)18-25(19,20)10-3-4-13-16(7-10)24-6-5-23-13/h3-4,7-9,18H,5-6H2,1-2H3. The number of rotatable bonds is 5. The summed E-state index contributed by atoms with van der Waals surface area (Å²) in [7, 11) is -1.03. The van der Waals surface area contributed by atoms with Crippen molar-refractivity contribution in [2.75, 3.05) is 32.2 Å². The Kier molecular flexibility index (Phi) is 4.82. The van der Waals surface area contributed by atoms with Gasteiger partial charge in [-0.15, -0.1) is 0 Å². The van der Waals surface area contributed by atoms with Gasteiger partial charge in [-0.25, -0.2) is 8.42 Å². The second-order valence-corrected chi connectivity index (χ2v) is 7.19. The first-order valence-electron chi connectivity index (χ1n) is 7.28. The predicted molar refractivity (Wildman–Crippen MR) is 92.8 cm³/mol. The van der Waals surface area contributed by atoms with E-state index < -0.39 is 10.0 Å². The van der Waals surface area contributed by atoms with E-state index in [-0.39, 0.29) is 16.3 Å². The van der Waals surface area contributed by atoms with E-state index in [1.807, 2.05) is 0 Å². The Bertz CT molecular complexity index is 900. The van der Waals surface area contributed by atoms with Crippen molar-refractivity contribution in [3.63, 3.8) is 0 Å². The van der Waals surface area contributed by atoms with Crippen LogP contribution in [0.4, 0.5) is 5.69 Å². The van der Waals surface area contributed by atoms with Crippen LogP contribution in [-0.4, -0.2) is 35.9 Å². The van der Waals surface area contributed by atoms with Crippen molar-refractivity contribution in [3.05, 3.63) is 35.4 Å². The minimum atomic E-state index is -3.88. The SMILES string of the molecule is COc1cc(NS(=O)(=O)c2ccc3c(c2)OCCO3)c(OC)cc1Cl. The van der Waals surface area contributed by atoms with Crippen molar-refractivity contribution in [3.8, 4) is 23.0 Å². The molecule has 1 N–H and O–H groups in total. The maximum absolute atomic E-state index is 12.7. The summed E-state index contributed by atoms with van der Waals surface area (Å²) in [6.07, 6.45) is 0. The van der Waals surface area contributed by atoms with Crippen molar-refractivity contribution in [2.24, 2.45) is 0 Å². The Morgan fingerprint density at radius 2 is 1.68 bits per heavy atom. The van der Waals surface area contributed by atoms with Crippen LogP contribution in [0, 0.1) is 0 Å². The van der Waals surface area contributed by atoms with Gasteiger partial charge in [0.05, 0.1) is 29.8 Å². The lowest BCUT2D eigenvalue weighted by Crippen LogP contribution is -2.17. The summed E-state index contributed by atoms with van der Waals surface area (Å²) in [5.74, 6) is 1.49. The number of sulfonamides is 1. The van der Waals surface area contributed by atoms with Gasteiger partial charge in [0.25, 0.3) is 10.0 Å². The van der Waals surface area contributed by atoms with E-state index in [1.54, 1.807) is 6.07 Å². The number of methoxy groups -OCH3 is 2. The van der Waals surface area contributed by atoms with E-state index >= 15 is 0 Å². The van der Waals surface area contributed by atoms with Gasteiger partial charge in [0.1, 0.15) is 24.7 Å². The third kappa shape index (κ3) is 3.54. The van der Waals surface area contributed by atoms with E-state index in [0.717, 1.165) is 0 Å². The van der Waals surface area contributed by atoms with E-state index in [1.165, 1.54) is 38.5 Å². The van der Waals surface area contributed by atoms with Crippen LogP contribution < -0.4 is 23.7 Å². The summed E-state index contributed by atoms with van der Waals surface area (Å²) in [4.78, 5) is 0.0349. The highest BCUT2D eigenvalue weighted by Crippen LogP contribution is 2.38. The minimum absolute atomic E-state index is 0.0349. The molecule has 0 amide bonds. The third-order valence-electron chi connectivity index (χ3n) is 3.54. The number of halogens is 1. The van der Waals surface area contributed by atoms with E-state index in [4.69, 9.17) is 30.5 Å². The van der Waals surface area contributed by atoms with Gasteiger partial charge in [-0.05, 0) is 12.1 Å². The monoisotopic (exact) mass is 385 g/mol. The number of benzene rings is 2. The Balaban J connectivity index is 1.96. The second kappa shape index (κ2) is 6.89. The van der Waals surface area contributed by atoms with Crippen LogP contribution >= 0.6 is 11.6 Å². The average Bonchev–Trinajstić information content (AvgIpc) is 2.62. The summed E-state index contributed by atoms with van der Waals surface area (Å²) in [6.45, 7) is 0.797. The van der Waals surface area contributed by atoms with Crippen LogP contribution in [0.1, 0.15) is 0 Å². The van der Waals surface area contributed by atoms with Crippen LogP contribution in [0.5, 0.6) is 23.0 Å². The molecule has 0 atom stereocenters. The maximum atomic E-state index is 12.7. The topological polar surface area (TPSA) is 83.1 Å². The Morgan fingerprint density at radius 1 is 1.00 bits per heavy atom. The lowest BCUT2D eigenvalue weighted by Gasteiger charge is -2.19. The van der Waals surface area contributed by atoms with E-state index in [9.17, 15) is 8.42 Å².